The summed E-state index contributed by atoms with van der Waals surface area (Å²) in [4.78, 5) is 46.8. The second kappa shape index (κ2) is 20.2. The second-order valence-electron chi connectivity index (χ2n) is 11.4. The number of benzene rings is 3. The van der Waals surface area contributed by atoms with E-state index in [9.17, 15) is 38.8 Å². The zero-order chi connectivity index (χ0) is 33.8. The van der Waals surface area contributed by atoms with Crippen molar-refractivity contribution < 1.29 is 75.5 Å². The van der Waals surface area contributed by atoms with Crippen LogP contribution in [0.2, 0.25) is 0 Å². The molecule has 0 aliphatic carbocycles. The molecule has 52 heavy (non-hydrogen) atoms. The Morgan fingerprint density at radius 3 is 2.04 bits per heavy atom. The van der Waals surface area contributed by atoms with E-state index < -0.39 is 26.7 Å². The number of ether oxygens (including phenoxy) is 1. The Morgan fingerprint density at radius 2 is 1.46 bits per heavy atom. The van der Waals surface area contributed by atoms with Gasteiger partial charge in [0.05, 0.1) is 0 Å². The Labute approximate surface area is 303 Å². The molecular formula is C32H48N2O15P2S. The fraction of sp³-hybridized carbons (Fsp3) is 0.344. The number of aliphatic hydroxyl groups is 1. The van der Waals surface area contributed by atoms with Crippen LogP contribution in [0, 0.1) is 0 Å². The zero-order valence-corrected chi connectivity index (χ0v) is 30.6. The second-order valence-corrected chi connectivity index (χ2v) is 16.6. The summed E-state index contributed by atoms with van der Waals surface area (Å²) in [7, 11) is -10.9. The fourth-order valence-corrected chi connectivity index (χ4v) is 9.63. The molecule has 3 aromatic carbocycles. The minimum Gasteiger partial charge on any atom is -0.508 e. The van der Waals surface area contributed by atoms with Crippen LogP contribution in [0.25, 0.3) is 20.5 Å². The third kappa shape index (κ3) is 10.7. The van der Waals surface area contributed by atoms with Gasteiger partial charge in [-0.15, -0.1) is 11.3 Å². The van der Waals surface area contributed by atoms with E-state index in [-0.39, 0.29) is 57.6 Å². The number of phenols is 1. The van der Waals surface area contributed by atoms with E-state index >= 15 is 0 Å². The molecule has 1 fully saturated rings. The van der Waals surface area contributed by atoms with Crippen LogP contribution in [-0.2, 0) is 9.13 Å². The standard InChI is InChI=1S/C32H38N2O10P2S.5H2O/c33-16-4-15-32(37,45(38,39)40)46(41,42)44-26-12-7-23(8-13-26)31-29(27-14-9-24(35)21-28(27)47-31)30(36)22-5-10-25(11-6-22)43-20-19-34-17-2-1-3-18-34;;;;;/h5-14,21,35,37H,1-4,15-20,33H2,(H,41,42)(H2,38,39,40);5*1H2. The van der Waals surface area contributed by atoms with Crippen molar-refractivity contribution in [3.63, 3.8) is 0 Å². The number of likely N-dealkylation sites (tertiary alicyclic amines) is 1. The summed E-state index contributed by atoms with van der Waals surface area (Å²) in [6, 6.07) is 17.3. The lowest BCUT2D eigenvalue weighted by Crippen LogP contribution is -2.33. The van der Waals surface area contributed by atoms with Gasteiger partial charge in [0.2, 0.25) is 0 Å². The van der Waals surface area contributed by atoms with E-state index in [0.29, 0.717) is 44.0 Å². The summed E-state index contributed by atoms with van der Waals surface area (Å²) in [5, 5.41) is 18.0. The Balaban J connectivity index is 0.00000520. The summed E-state index contributed by atoms with van der Waals surface area (Å²) in [5.41, 5.74) is 6.74. The van der Waals surface area contributed by atoms with E-state index in [4.69, 9.17) is 15.0 Å². The molecule has 20 heteroatoms. The average molecular weight is 795 g/mol. The van der Waals surface area contributed by atoms with Gasteiger partial charge in [-0.25, -0.2) is 4.57 Å². The minimum absolute atomic E-state index is 0. The number of nitrogens with zero attached hydrogens (tertiary/aromatic N) is 1. The summed E-state index contributed by atoms with van der Waals surface area (Å²) in [6.45, 7) is 3.48. The van der Waals surface area contributed by atoms with Crippen LogP contribution in [0.3, 0.4) is 0 Å². The molecule has 0 spiro atoms. The molecule has 0 amide bonds. The molecule has 5 rings (SSSR count). The topological polar surface area (TPSA) is 358 Å². The molecule has 1 aliphatic rings. The van der Waals surface area contributed by atoms with Gasteiger partial charge in [-0.05, 0) is 111 Å². The van der Waals surface area contributed by atoms with Crippen molar-refractivity contribution in [3.05, 3.63) is 77.9 Å². The smallest absolute Gasteiger partial charge is 0.420 e. The Kier molecular flexibility index (Phi) is 19.0. The molecule has 2 unspecified atom stereocenters. The predicted molar refractivity (Wildman–Crippen MR) is 198 cm³/mol. The van der Waals surface area contributed by atoms with Crippen molar-refractivity contribution in [3.8, 4) is 27.7 Å². The number of hydrogen-bond acceptors (Lipinski definition) is 10. The van der Waals surface area contributed by atoms with Crippen LogP contribution >= 0.6 is 26.5 Å². The summed E-state index contributed by atoms with van der Waals surface area (Å²) < 4.78 is 36.7. The summed E-state index contributed by atoms with van der Waals surface area (Å²) in [5.74, 6) is 0.194. The number of carbonyl (C=O) groups excluding carboxylic acids is 1. The molecule has 2 atom stereocenters. The number of ketones is 1. The molecule has 0 radical (unpaired) electrons. The molecular weight excluding hydrogens is 746 g/mol. The van der Waals surface area contributed by atoms with E-state index in [1.165, 1.54) is 60.9 Å². The van der Waals surface area contributed by atoms with Gasteiger partial charge in [0.1, 0.15) is 23.9 Å². The molecule has 17 N–H and O–H groups in total. The van der Waals surface area contributed by atoms with Gasteiger partial charge in [-0.1, -0.05) is 6.42 Å². The number of fused-ring (bicyclic) bond motifs is 1. The number of thiophene rings is 1. The lowest BCUT2D eigenvalue weighted by molar-refractivity contribution is 0.104. The highest BCUT2D eigenvalue weighted by Gasteiger charge is 2.61. The van der Waals surface area contributed by atoms with Crippen LogP contribution in [0.15, 0.2) is 66.7 Å². The van der Waals surface area contributed by atoms with Crippen molar-refractivity contribution in [2.24, 2.45) is 5.73 Å². The van der Waals surface area contributed by atoms with E-state index in [1.54, 1.807) is 36.4 Å². The Bertz CT molecular complexity index is 1810. The van der Waals surface area contributed by atoms with Gasteiger partial charge < -0.3 is 67.3 Å². The van der Waals surface area contributed by atoms with E-state index in [2.05, 4.69) is 4.90 Å². The van der Waals surface area contributed by atoms with Crippen molar-refractivity contribution in [1.82, 2.24) is 4.90 Å². The van der Waals surface area contributed by atoms with Crippen LogP contribution in [0.5, 0.6) is 17.2 Å². The van der Waals surface area contributed by atoms with Gasteiger partial charge >= 0.3 is 15.2 Å². The number of rotatable bonds is 14. The van der Waals surface area contributed by atoms with Gasteiger partial charge in [0.15, 0.2) is 5.78 Å². The maximum absolute atomic E-state index is 14.0. The largest absolute Gasteiger partial charge is 0.508 e. The van der Waals surface area contributed by atoms with Crippen molar-refractivity contribution in [1.29, 1.82) is 0 Å². The molecule has 1 saturated heterocycles. The lowest BCUT2D eigenvalue weighted by Gasteiger charge is -2.31. The first-order valence-corrected chi connectivity index (χ1v) is 19.2. The van der Waals surface area contributed by atoms with Crippen LogP contribution in [0.1, 0.15) is 48.0 Å². The number of hydrogen-bond donors (Lipinski definition) is 6. The maximum Gasteiger partial charge on any atom is 0.420 e. The normalized spacial score (nSPS) is 15.2. The number of nitrogens with two attached hydrogens (primary N) is 1. The first kappa shape index (κ1) is 48.7. The molecule has 1 aliphatic heterocycles. The molecule has 17 nitrogen and oxygen atoms in total. The van der Waals surface area contributed by atoms with Crippen LogP contribution < -0.4 is 15.0 Å². The van der Waals surface area contributed by atoms with Crippen molar-refractivity contribution in [2.75, 3.05) is 32.8 Å². The Morgan fingerprint density at radius 1 is 0.865 bits per heavy atom. The van der Waals surface area contributed by atoms with Gasteiger partial charge in [-0.3, -0.25) is 14.3 Å². The SMILES string of the molecule is NCCCC(O)(P(=O)(O)O)P(=O)(O)Oc1ccc(-c2sc3cc(O)ccc3c2C(=O)c2ccc(OCCN3CCCCC3)cc2)cc1.O.O.O.O.O. The Hall–Kier alpha value is -3.29. The number of piperidine rings is 1. The van der Waals surface area contributed by atoms with Crippen LogP contribution in [0.4, 0.5) is 0 Å². The van der Waals surface area contributed by atoms with Gasteiger partial charge in [0, 0.05) is 39.1 Å². The molecule has 0 bridgehead atoms. The number of aromatic hydroxyl groups is 1. The molecule has 4 aromatic rings. The van der Waals surface area contributed by atoms with Crippen LogP contribution in [-0.4, -0.2) is 101 Å². The molecule has 0 saturated carbocycles. The minimum atomic E-state index is -5.52. The average Bonchev–Trinajstić information content (AvgIpc) is 3.42. The quantitative estimate of drug-likeness (QED) is 0.0779. The third-order valence-corrected chi connectivity index (χ3v) is 13.6. The van der Waals surface area contributed by atoms with Crippen molar-refractivity contribution >= 4 is 42.4 Å². The summed E-state index contributed by atoms with van der Waals surface area (Å²) in [6.07, 6.45) is 2.78. The van der Waals surface area contributed by atoms with E-state index in [1.807, 2.05) is 0 Å². The van der Waals surface area contributed by atoms with Gasteiger partial charge in [-0.2, -0.15) is 0 Å². The van der Waals surface area contributed by atoms with Crippen molar-refractivity contribution in [2.45, 2.75) is 37.2 Å². The third-order valence-electron chi connectivity index (χ3n) is 8.12. The van der Waals surface area contributed by atoms with E-state index in [0.717, 1.165) is 19.6 Å². The number of carbonyl (C=O) groups is 1. The van der Waals surface area contributed by atoms with Gasteiger partial charge in [0.25, 0.3) is 5.08 Å². The molecule has 2 heterocycles. The predicted octanol–water partition coefficient (Wildman–Crippen LogP) is 1.37. The first-order chi connectivity index (χ1) is 22.3. The zero-order valence-electron chi connectivity index (χ0n) is 28.0. The molecule has 1 aromatic heterocycles. The maximum atomic E-state index is 14.0. The molecule has 292 valence electrons. The fourth-order valence-electron chi connectivity index (χ4n) is 5.51. The monoisotopic (exact) mass is 794 g/mol. The lowest BCUT2D eigenvalue weighted by atomic mass is 9.97. The summed E-state index contributed by atoms with van der Waals surface area (Å²) >= 11 is 1.27. The highest BCUT2D eigenvalue weighted by molar-refractivity contribution is 7.72. The number of phenolic OH excluding ortho intramolecular Hbond substituents is 1. The highest BCUT2D eigenvalue weighted by Crippen LogP contribution is 2.71. The highest BCUT2D eigenvalue weighted by atomic mass is 32.1. The first-order valence-electron chi connectivity index (χ1n) is 15.2.